The monoisotopic (exact) mass is 559 g/mol. The number of carbonyl (C=O) groups is 4. The highest BCUT2D eigenvalue weighted by Gasteiger charge is 2.66. The number of benzene rings is 2. The molecule has 2 aromatic rings. The van der Waals surface area contributed by atoms with Crippen LogP contribution in [-0.4, -0.2) is 39.8 Å². The molecule has 0 spiro atoms. The zero-order valence-electron chi connectivity index (χ0n) is 16.8. The molecule has 2 amide bonds. The number of fused-ring (bicyclic) bond motifs is 5. The Morgan fingerprint density at radius 3 is 2.09 bits per heavy atom. The molecule has 2 bridgehead atoms. The number of alkyl halides is 2. The summed E-state index contributed by atoms with van der Waals surface area (Å²) in [4.78, 5) is 52.7. The lowest BCUT2D eigenvalue weighted by Crippen LogP contribution is -2.37. The first-order valence-corrected chi connectivity index (χ1v) is 12.2. The summed E-state index contributed by atoms with van der Waals surface area (Å²) in [5, 5.41) is 0. The minimum absolute atomic E-state index is 0.118. The molecule has 3 aliphatic rings. The predicted molar refractivity (Wildman–Crippen MR) is 124 cm³/mol. The second-order valence-electron chi connectivity index (χ2n) is 8.43. The van der Waals surface area contributed by atoms with Crippen LogP contribution in [0.3, 0.4) is 0 Å². The quantitative estimate of drug-likeness (QED) is 0.239. The summed E-state index contributed by atoms with van der Waals surface area (Å²) < 4.78 is 5.17. The van der Waals surface area contributed by atoms with Crippen molar-refractivity contribution in [2.75, 3.05) is 11.5 Å². The molecule has 1 aliphatic heterocycles. The van der Waals surface area contributed by atoms with Gasteiger partial charge in [-0.2, -0.15) is 0 Å². The van der Waals surface area contributed by atoms with Crippen LogP contribution >= 0.6 is 31.9 Å². The highest BCUT2D eigenvalue weighted by Crippen LogP contribution is 2.60. The Bertz CT molecular complexity index is 1090. The molecule has 8 heteroatoms. The van der Waals surface area contributed by atoms with Crippen LogP contribution in [0.4, 0.5) is 5.69 Å². The normalized spacial score (nSPS) is 30.5. The Kier molecular flexibility index (Phi) is 5.53. The standard InChI is InChI=1S/C24H19Br2NO5/c25-20-15-10-16(21(20)26)19-18(15)22(29)27(23(19)30)14-8-4-7-13(9-14)24(31)32-11-17(28)12-5-2-1-3-6-12/h1-9,15-16,18-21H,10-11H2/t15-,16-,18-,19+,20-,21+/m0/s1. The smallest absolute Gasteiger partial charge is 0.338 e. The van der Waals surface area contributed by atoms with Crippen molar-refractivity contribution < 1.29 is 23.9 Å². The van der Waals surface area contributed by atoms with Gasteiger partial charge in [-0.15, -0.1) is 0 Å². The van der Waals surface area contributed by atoms with Crippen LogP contribution in [0.15, 0.2) is 54.6 Å². The molecule has 2 saturated carbocycles. The average Bonchev–Trinajstić information content (AvgIpc) is 3.42. The van der Waals surface area contributed by atoms with Crippen molar-refractivity contribution in [3.63, 3.8) is 0 Å². The second-order valence-corrected chi connectivity index (χ2v) is 10.5. The van der Waals surface area contributed by atoms with Crippen molar-refractivity contribution in [3.05, 3.63) is 65.7 Å². The van der Waals surface area contributed by atoms with Crippen molar-refractivity contribution in [1.82, 2.24) is 0 Å². The van der Waals surface area contributed by atoms with Crippen LogP contribution < -0.4 is 4.90 Å². The van der Waals surface area contributed by atoms with E-state index in [1.165, 1.54) is 17.0 Å². The lowest BCUT2D eigenvalue weighted by atomic mass is 9.81. The second kappa shape index (κ2) is 8.23. The largest absolute Gasteiger partial charge is 0.454 e. The Morgan fingerprint density at radius 1 is 0.875 bits per heavy atom. The number of imide groups is 1. The number of carbonyl (C=O) groups excluding carboxylic acids is 4. The van der Waals surface area contributed by atoms with Crippen LogP contribution in [0, 0.1) is 23.7 Å². The van der Waals surface area contributed by atoms with Gasteiger partial charge in [-0.05, 0) is 36.5 Å². The zero-order chi connectivity index (χ0) is 22.6. The van der Waals surface area contributed by atoms with Gasteiger partial charge in [0.25, 0.3) is 0 Å². The number of halogens is 2. The Labute approximate surface area is 201 Å². The highest BCUT2D eigenvalue weighted by atomic mass is 79.9. The first-order chi connectivity index (χ1) is 15.4. The fraction of sp³-hybridized carbons (Fsp3) is 0.333. The molecule has 0 unspecified atom stereocenters. The molecule has 1 saturated heterocycles. The zero-order valence-corrected chi connectivity index (χ0v) is 20.0. The fourth-order valence-corrected chi connectivity index (χ4v) is 7.17. The summed E-state index contributed by atoms with van der Waals surface area (Å²) in [5.74, 6) is -1.83. The molecule has 1 heterocycles. The maximum Gasteiger partial charge on any atom is 0.338 e. The van der Waals surface area contributed by atoms with E-state index in [2.05, 4.69) is 31.9 Å². The molecule has 2 aliphatic carbocycles. The molecular weight excluding hydrogens is 542 g/mol. The van der Waals surface area contributed by atoms with Gasteiger partial charge in [-0.1, -0.05) is 68.3 Å². The van der Waals surface area contributed by atoms with Gasteiger partial charge >= 0.3 is 5.97 Å². The first kappa shape index (κ1) is 21.5. The minimum Gasteiger partial charge on any atom is -0.454 e. The Hall–Kier alpha value is -2.32. The van der Waals surface area contributed by atoms with Gasteiger partial charge in [0.1, 0.15) is 0 Å². The lowest BCUT2D eigenvalue weighted by molar-refractivity contribution is -0.123. The van der Waals surface area contributed by atoms with Gasteiger partial charge in [0.05, 0.1) is 23.1 Å². The van der Waals surface area contributed by atoms with Gasteiger partial charge in [0, 0.05) is 15.2 Å². The van der Waals surface area contributed by atoms with E-state index in [4.69, 9.17) is 4.74 Å². The molecule has 164 valence electrons. The third-order valence-corrected chi connectivity index (χ3v) is 9.96. The maximum atomic E-state index is 13.2. The fourth-order valence-electron chi connectivity index (χ4n) is 5.30. The van der Waals surface area contributed by atoms with E-state index >= 15 is 0 Å². The summed E-state index contributed by atoms with van der Waals surface area (Å²) in [7, 11) is 0. The lowest BCUT2D eigenvalue weighted by Gasteiger charge is -2.28. The number of amides is 2. The number of nitrogens with zero attached hydrogens (tertiary/aromatic N) is 1. The summed E-state index contributed by atoms with van der Waals surface area (Å²) in [5.41, 5.74) is 0.995. The van der Waals surface area contributed by atoms with E-state index in [0.717, 1.165) is 6.42 Å². The van der Waals surface area contributed by atoms with Crippen molar-refractivity contribution in [2.24, 2.45) is 23.7 Å². The third kappa shape index (κ3) is 3.35. The number of hydrogen-bond donors (Lipinski definition) is 0. The Morgan fingerprint density at radius 2 is 1.47 bits per heavy atom. The van der Waals surface area contributed by atoms with Crippen LogP contribution in [0.2, 0.25) is 0 Å². The average molecular weight is 561 g/mol. The summed E-state index contributed by atoms with van der Waals surface area (Å²) in [6, 6.07) is 14.8. The number of esters is 1. The van der Waals surface area contributed by atoms with Crippen LogP contribution in [0.1, 0.15) is 27.1 Å². The van der Waals surface area contributed by atoms with Crippen LogP contribution in [0.25, 0.3) is 0 Å². The van der Waals surface area contributed by atoms with E-state index in [0.29, 0.717) is 11.3 Å². The summed E-state index contributed by atoms with van der Waals surface area (Å²) in [6.45, 7) is -0.387. The molecular formula is C24H19Br2NO5. The van der Waals surface area contributed by atoms with Gasteiger partial charge in [-0.25, -0.2) is 4.79 Å². The van der Waals surface area contributed by atoms with Gasteiger partial charge in [0.15, 0.2) is 12.4 Å². The highest BCUT2D eigenvalue weighted by molar-refractivity contribution is 9.12. The molecule has 0 radical (unpaired) electrons. The number of Topliss-reactive ketones (excluding diaryl/α,β-unsaturated/α-hetero) is 1. The number of anilines is 1. The predicted octanol–water partition coefficient (Wildman–Crippen LogP) is 4.01. The maximum absolute atomic E-state index is 13.2. The number of hydrogen-bond acceptors (Lipinski definition) is 5. The van der Waals surface area contributed by atoms with Gasteiger partial charge < -0.3 is 4.74 Å². The molecule has 6 nitrogen and oxygen atoms in total. The van der Waals surface area contributed by atoms with E-state index < -0.39 is 5.97 Å². The molecule has 32 heavy (non-hydrogen) atoms. The van der Waals surface area contributed by atoms with Gasteiger partial charge in [-0.3, -0.25) is 19.3 Å². The third-order valence-electron chi connectivity index (χ3n) is 6.76. The van der Waals surface area contributed by atoms with Crippen molar-refractivity contribution in [2.45, 2.75) is 16.1 Å². The van der Waals surface area contributed by atoms with Crippen molar-refractivity contribution in [3.8, 4) is 0 Å². The van der Waals surface area contributed by atoms with Crippen LogP contribution in [0.5, 0.6) is 0 Å². The number of ketones is 1. The number of rotatable bonds is 5. The molecule has 2 aromatic carbocycles. The van der Waals surface area contributed by atoms with E-state index in [9.17, 15) is 19.2 Å². The Balaban J connectivity index is 1.32. The first-order valence-electron chi connectivity index (χ1n) is 10.4. The molecule has 0 aromatic heterocycles. The van der Waals surface area contributed by atoms with Crippen molar-refractivity contribution >= 4 is 61.1 Å². The minimum atomic E-state index is -0.684. The van der Waals surface area contributed by atoms with Gasteiger partial charge in [0.2, 0.25) is 11.8 Å². The molecule has 6 atom stereocenters. The van der Waals surface area contributed by atoms with Crippen LogP contribution in [-0.2, 0) is 14.3 Å². The van der Waals surface area contributed by atoms with E-state index in [1.54, 1.807) is 42.5 Å². The van der Waals surface area contributed by atoms with Crippen molar-refractivity contribution in [1.29, 1.82) is 0 Å². The summed E-state index contributed by atoms with van der Waals surface area (Å²) >= 11 is 7.36. The topological polar surface area (TPSA) is 80.8 Å². The SMILES string of the molecule is O=C(COC(=O)c1cccc(N2C(=O)[C@@H]3[C@@H]4C[C@H]([C@H](Br)[C@@H]4Br)[C@@H]3C2=O)c1)c1ccccc1. The number of ether oxygens (including phenoxy) is 1. The van der Waals surface area contributed by atoms with E-state index in [1.807, 2.05) is 0 Å². The van der Waals surface area contributed by atoms with E-state index in [-0.39, 0.29) is 63.1 Å². The molecule has 0 N–H and O–H groups in total. The molecule has 5 rings (SSSR count). The molecule has 3 fully saturated rings. The summed E-state index contributed by atoms with van der Waals surface area (Å²) in [6.07, 6.45) is 0.855.